The highest BCUT2D eigenvalue weighted by molar-refractivity contribution is 5.95. The van der Waals surface area contributed by atoms with E-state index < -0.39 is 5.82 Å². The van der Waals surface area contributed by atoms with Crippen molar-refractivity contribution in [2.45, 2.75) is 6.92 Å². The topological polar surface area (TPSA) is 92.3 Å². The highest BCUT2D eigenvalue weighted by atomic mass is 19.1. The Hall–Kier alpha value is -4.46. The minimum Gasteiger partial charge on any atom is -0.353 e. The highest BCUT2D eigenvalue weighted by Gasteiger charge is 2.19. The predicted octanol–water partition coefficient (Wildman–Crippen LogP) is 5.01. The molecule has 0 saturated carbocycles. The summed E-state index contributed by atoms with van der Waals surface area (Å²) in [6.07, 6.45) is 9.95. The van der Waals surface area contributed by atoms with Gasteiger partial charge in [0.05, 0.1) is 40.4 Å². The van der Waals surface area contributed by atoms with Crippen LogP contribution >= 0.6 is 0 Å². The average Bonchev–Trinajstić information content (AvgIpc) is 3.27. The van der Waals surface area contributed by atoms with Crippen LogP contribution in [0.15, 0.2) is 74.1 Å². The molecule has 0 amide bonds. The SMILES string of the molecule is C=C(Nc1cncc(-c2ccccn2)c1C)c1n[nH]c2cnc(-c3cccnc3)c(F)c12. The Labute approximate surface area is 183 Å². The van der Waals surface area contributed by atoms with Crippen molar-refractivity contribution >= 4 is 22.3 Å². The van der Waals surface area contributed by atoms with E-state index in [1.54, 1.807) is 49.3 Å². The Bertz CT molecular complexity index is 1430. The van der Waals surface area contributed by atoms with Gasteiger partial charge in [-0.3, -0.25) is 25.0 Å². The molecule has 0 spiro atoms. The first-order chi connectivity index (χ1) is 15.6. The number of nitrogens with one attached hydrogen (secondary N) is 2. The molecule has 0 aliphatic carbocycles. The van der Waals surface area contributed by atoms with E-state index in [2.05, 4.69) is 42.0 Å². The Morgan fingerprint density at radius 2 is 1.91 bits per heavy atom. The van der Waals surface area contributed by atoms with Crippen molar-refractivity contribution in [2.24, 2.45) is 0 Å². The lowest BCUT2D eigenvalue weighted by Crippen LogP contribution is -2.03. The number of halogens is 1. The van der Waals surface area contributed by atoms with E-state index in [4.69, 9.17) is 0 Å². The Balaban J connectivity index is 1.53. The molecule has 0 bridgehead atoms. The monoisotopic (exact) mass is 423 g/mol. The number of fused-ring (bicyclic) bond motifs is 1. The van der Waals surface area contributed by atoms with Crippen LogP contribution in [0.25, 0.3) is 39.1 Å². The van der Waals surface area contributed by atoms with Gasteiger partial charge in [0.1, 0.15) is 11.4 Å². The molecule has 5 aromatic heterocycles. The summed E-state index contributed by atoms with van der Waals surface area (Å²) in [5.41, 5.74) is 5.45. The van der Waals surface area contributed by atoms with Gasteiger partial charge in [0.2, 0.25) is 0 Å². The van der Waals surface area contributed by atoms with E-state index in [1.165, 1.54) is 0 Å². The summed E-state index contributed by atoms with van der Waals surface area (Å²) in [7, 11) is 0. The van der Waals surface area contributed by atoms with Crippen LogP contribution in [-0.4, -0.2) is 30.1 Å². The molecule has 0 unspecified atom stereocenters. The molecule has 0 atom stereocenters. The number of aromatic amines is 1. The van der Waals surface area contributed by atoms with Gasteiger partial charge >= 0.3 is 0 Å². The summed E-state index contributed by atoms with van der Waals surface area (Å²) in [6.45, 7) is 6.06. The number of rotatable bonds is 5. The van der Waals surface area contributed by atoms with Crippen molar-refractivity contribution in [1.82, 2.24) is 30.1 Å². The fraction of sp³-hybridized carbons (Fsp3) is 0.0417. The van der Waals surface area contributed by atoms with E-state index in [0.717, 1.165) is 22.5 Å². The third-order valence-electron chi connectivity index (χ3n) is 5.21. The maximum Gasteiger partial charge on any atom is 0.161 e. The zero-order valence-electron chi connectivity index (χ0n) is 17.2. The van der Waals surface area contributed by atoms with E-state index in [9.17, 15) is 0 Å². The molecule has 32 heavy (non-hydrogen) atoms. The number of hydrogen-bond acceptors (Lipinski definition) is 6. The van der Waals surface area contributed by atoms with Gasteiger partial charge in [-0.2, -0.15) is 5.10 Å². The third-order valence-corrected chi connectivity index (χ3v) is 5.21. The zero-order chi connectivity index (χ0) is 22.1. The molecule has 0 aliphatic heterocycles. The lowest BCUT2D eigenvalue weighted by Gasteiger charge is -2.13. The van der Waals surface area contributed by atoms with Crippen LogP contribution in [0, 0.1) is 12.7 Å². The van der Waals surface area contributed by atoms with E-state index in [0.29, 0.717) is 27.9 Å². The molecule has 8 heteroatoms. The summed E-state index contributed by atoms with van der Waals surface area (Å²) in [5, 5.41) is 10.7. The Morgan fingerprint density at radius 3 is 2.69 bits per heavy atom. The smallest absolute Gasteiger partial charge is 0.161 e. The number of aromatic nitrogens is 6. The van der Waals surface area contributed by atoms with Crippen LogP contribution in [0.3, 0.4) is 0 Å². The third kappa shape index (κ3) is 3.37. The second kappa shape index (κ2) is 7.99. The van der Waals surface area contributed by atoms with E-state index in [-0.39, 0.29) is 5.69 Å². The fourth-order valence-electron chi connectivity index (χ4n) is 3.55. The summed E-state index contributed by atoms with van der Waals surface area (Å²) in [5.74, 6) is -0.487. The molecule has 156 valence electrons. The summed E-state index contributed by atoms with van der Waals surface area (Å²) in [4.78, 5) is 17.0. The minimum atomic E-state index is -0.487. The Morgan fingerprint density at radius 1 is 1.00 bits per heavy atom. The average molecular weight is 423 g/mol. The van der Waals surface area contributed by atoms with Crippen molar-refractivity contribution in [3.63, 3.8) is 0 Å². The van der Waals surface area contributed by atoms with Crippen molar-refractivity contribution in [3.05, 3.63) is 91.2 Å². The maximum absolute atomic E-state index is 15.5. The van der Waals surface area contributed by atoms with Gasteiger partial charge in [0.15, 0.2) is 5.82 Å². The van der Waals surface area contributed by atoms with Crippen LogP contribution in [-0.2, 0) is 0 Å². The predicted molar refractivity (Wildman–Crippen MR) is 122 cm³/mol. The summed E-state index contributed by atoms with van der Waals surface area (Å²) < 4.78 is 15.5. The van der Waals surface area contributed by atoms with Crippen molar-refractivity contribution in [1.29, 1.82) is 0 Å². The molecule has 5 aromatic rings. The molecule has 0 aliphatic rings. The quantitative estimate of drug-likeness (QED) is 0.413. The second-order valence-corrected chi connectivity index (χ2v) is 7.20. The van der Waals surface area contributed by atoms with Gasteiger partial charge in [0.25, 0.3) is 0 Å². The molecule has 5 rings (SSSR count). The van der Waals surface area contributed by atoms with E-state index in [1.807, 2.05) is 25.1 Å². The van der Waals surface area contributed by atoms with Crippen LogP contribution < -0.4 is 5.32 Å². The van der Waals surface area contributed by atoms with Crippen molar-refractivity contribution < 1.29 is 4.39 Å². The molecule has 5 heterocycles. The fourth-order valence-corrected chi connectivity index (χ4v) is 3.55. The molecule has 0 radical (unpaired) electrons. The first-order valence-corrected chi connectivity index (χ1v) is 9.88. The number of hydrogen-bond donors (Lipinski definition) is 2. The number of anilines is 1. The largest absolute Gasteiger partial charge is 0.353 e. The van der Waals surface area contributed by atoms with Gasteiger partial charge < -0.3 is 5.32 Å². The van der Waals surface area contributed by atoms with Gasteiger partial charge in [0, 0.05) is 35.9 Å². The van der Waals surface area contributed by atoms with Gasteiger partial charge in [-0.05, 0) is 36.8 Å². The molecule has 0 aromatic carbocycles. The lowest BCUT2D eigenvalue weighted by atomic mass is 10.1. The number of nitrogens with zero attached hydrogens (tertiary/aromatic N) is 5. The molecular weight excluding hydrogens is 405 g/mol. The molecular formula is C24H18FN7. The summed E-state index contributed by atoms with van der Waals surface area (Å²) >= 11 is 0. The first kappa shape index (κ1) is 19.5. The zero-order valence-corrected chi connectivity index (χ0v) is 17.2. The standard InChI is InChI=1S/C24H18FN7/c1-14-17(18-7-3-4-9-28-18)11-27-12-19(14)30-15(2)23-21-20(31-32-23)13-29-24(22(21)25)16-6-5-8-26-10-16/h3-13,30H,2H2,1H3,(H,31,32). The number of pyridine rings is 4. The van der Waals surface area contributed by atoms with Gasteiger partial charge in [-0.15, -0.1) is 0 Å². The molecule has 0 saturated heterocycles. The first-order valence-electron chi connectivity index (χ1n) is 9.88. The summed E-state index contributed by atoms with van der Waals surface area (Å²) in [6, 6.07) is 9.21. The maximum atomic E-state index is 15.5. The normalized spacial score (nSPS) is 10.9. The minimum absolute atomic E-state index is 0.205. The van der Waals surface area contributed by atoms with Crippen molar-refractivity contribution in [3.8, 4) is 22.5 Å². The second-order valence-electron chi connectivity index (χ2n) is 7.20. The van der Waals surface area contributed by atoms with Crippen LogP contribution in [0.4, 0.5) is 10.1 Å². The van der Waals surface area contributed by atoms with Crippen molar-refractivity contribution in [2.75, 3.05) is 5.32 Å². The number of H-pyrrole nitrogens is 1. The van der Waals surface area contributed by atoms with E-state index >= 15 is 4.39 Å². The molecule has 7 nitrogen and oxygen atoms in total. The van der Waals surface area contributed by atoms with Crippen LogP contribution in [0.5, 0.6) is 0 Å². The Kier molecular flexibility index (Phi) is 4.87. The van der Waals surface area contributed by atoms with Crippen LogP contribution in [0.1, 0.15) is 11.3 Å². The highest BCUT2D eigenvalue weighted by Crippen LogP contribution is 2.32. The van der Waals surface area contributed by atoms with Crippen LogP contribution in [0.2, 0.25) is 0 Å². The molecule has 2 N–H and O–H groups in total. The van der Waals surface area contributed by atoms with Gasteiger partial charge in [-0.1, -0.05) is 12.6 Å². The lowest BCUT2D eigenvalue weighted by molar-refractivity contribution is 0.638. The molecule has 0 fully saturated rings. The van der Waals surface area contributed by atoms with Gasteiger partial charge in [-0.25, -0.2) is 4.39 Å².